The van der Waals surface area contributed by atoms with Gasteiger partial charge in [-0.1, -0.05) is 66.7 Å². The maximum atomic E-state index is 12.8. The van der Waals surface area contributed by atoms with Crippen LogP contribution in [0.1, 0.15) is 27.5 Å². The van der Waals surface area contributed by atoms with Gasteiger partial charge in [-0.15, -0.1) is 11.8 Å². The standard InChI is InChI=1S/C23H23N5O3S/c29-20(24-21(16-8-3-1-4-9-16)17-10-5-2-6-11-17)15-32-23-25-26-27-28(23)19-13-7-12-18(14-19)22(30)31/h1-14,21,23,25-27H,15H2,(H,24,29)(H,30,31)/t23-/m0/s1. The molecule has 4 rings (SSSR count). The summed E-state index contributed by atoms with van der Waals surface area (Å²) in [7, 11) is 0. The molecule has 3 aromatic rings. The van der Waals surface area contributed by atoms with Crippen LogP contribution in [0.15, 0.2) is 84.9 Å². The van der Waals surface area contributed by atoms with Crippen LogP contribution in [0.5, 0.6) is 0 Å². The number of amides is 1. The molecule has 5 N–H and O–H groups in total. The van der Waals surface area contributed by atoms with E-state index in [1.165, 1.54) is 17.8 Å². The van der Waals surface area contributed by atoms with E-state index in [0.29, 0.717) is 5.69 Å². The average Bonchev–Trinajstić information content (AvgIpc) is 3.31. The second-order valence-corrected chi connectivity index (χ2v) is 8.16. The lowest BCUT2D eigenvalue weighted by Crippen LogP contribution is -2.40. The van der Waals surface area contributed by atoms with Gasteiger partial charge < -0.3 is 10.4 Å². The van der Waals surface area contributed by atoms with Gasteiger partial charge in [0.15, 0.2) is 5.50 Å². The highest BCUT2D eigenvalue weighted by Gasteiger charge is 2.26. The van der Waals surface area contributed by atoms with Crippen LogP contribution in [0.25, 0.3) is 0 Å². The van der Waals surface area contributed by atoms with Gasteiger partial charge in [-0.25, -0.2) is 10.2 Å². The molecule has 1 aliphatic heterocycles. The molecule has 1 atom stereocenters. The predicted octanol–water partition coefficient (Wildman–Crippen LogP) is 2.64. The average molecular weight is 450 g/mol. The Balaban J connectivity index is 1.42. The van der Waals surface area contributed by atoms with Crippen LogP contribution < -0.4 is 26.8 Å². The first-order valence-corrected chi connectivity index (χ1v) is 11.1. The van der Waals surface area contributed by atoms with Crippen LogP contribution in [0, 0.1) is 0 Å². The Labute approximate surface area is 189 Å². The van der Waals surface area contributed by atoms with E-state index in [1.807, 2.05) is 60.7 Å². The first-order chi connectivity index (χ1) is 15.6. The number of aromatic carboxylic acids is 1. The molecule has 9 heteroatoms. The van der Waals surface area contributed by atoms with Crippen LogP contribution in [0.4, 0.5) is 5.69 Å². The van der Waals surface area contributed by atoms with E-state index in [9.17, 15) is 14.7 Å². The molecule has 1 saturated heterocycles. The van der Waals surface area contributed by atoms with Crippen molar-refractivity contribution in [2.45, 2.75) is 11.5 Å². The van der Waals surface area contributed by atoms with Crippen LogP contribution >= 0.6 is 11.8 Å². The third-order valence-corrected chi connectivity index (χ3v) is 5.99. The SMILES string of the molecule is O=C(CS[C@H]1NNNN1c1cccc(C(=O)O)c1)NC(c1ccccc1)c1ccccc1. The Morgan fingerprint density at radius 3 is 2.25 bits per heavy atom. The first kappa shape index (κ1) is 21.8. The minimum atomic E-state index is -0.997. The van der Waals surface area contributed by atoms with E-state index < -0.39 is 5.97 Å². The minimum Gasteiger partial charge on any atom is -0.478 e. The summed E-state index contributed by atoms with van der Waals surface area (Å²) in [6.07, 6.45) is 0. The van der Waals surface area contributed by atoms with Crippen molar-refractivity contribution >= 4 is 29.3 Å². The summed E-state index contributed by atoms with van der Waals surface area (Å²) in [5, 5.41) is 14.1. The van der Waals surface area contributed by atoms with Crippen molar-refractivity contribution in [3.8, 4) is 0 Å². The molecule has 1 amide bonds. The molecule has 1 heterocycles. The molecule has 1 aliphatic rings. The number of rotatable bonds is 8. The number of hydrazine groups is 3. The third kappa shape index (κ3) is 5.27. The lowest BCUT2D eigenvalue weighted by molar-refractivity contribution is -0.119. The van der Waals surface area contributed by atoms with Crippen LogP contribution in [0.3, 0.4) is 0 Å². The van der Waals surface area contributed by atoms with Gasteiger partial charge in [0.05, 0.1) is 23.0 Å². The number of carboxylic acid groups (broad SMARTS) is 1. The van der Waals surface area contributed by atoms with Gasteiger partial charge >= 0.3 is 5.97 Å². The zero-order valence-corrected chi connectivity index (χ0v) is 17.9. The number of carboxylic acids is 1. The Morgan fingerprint density at radius 1 is 0.969 bits per heavy atom. The Hall–Kier alpha value is -3.37. The van der Waals surface area contributed by atoms with E-state index in [-0.39, 0.29) is 28.8 Å². The van der Waals surface area contributed by atoms with Crippen molar-refractivity contribution in [3.05, 3.63) is 102 Å². The lowest BCUT2D eigenvalue weighted by Gasteiger charge is -2.24. The molecule has 164 valence electrons. The van der Waals surface area contributed by atoms with Crippen molar-refractivity contribution < 1.29 is 14.7 Å². The number of hydrogen-bond donors (Lipinski definition) is 5. The highest BCUT2D eigenvalue weighted by Crippen LogP contribution is 2.24. The number of anilines is 1. The minimum absolute atomic E-state index is 0.111. The zero-order valence-electron chi connectivity index (χ0n) is 17.1. The van der Waals surface area contributed by atoms with Crippen LogP contribution in [-0.2, 0) is 4.79 Å². The molecule has 8 nitrogen and oxygen atoms in total. The first-order valence-electron chi connectivity index (χ1n) is 10.0. The number of nitrogens with one attached hydrogen (secondary N) is 4. The lowest BCUT2D eigenvalue weighted by atomic mass is 9.99. The number of carbonyl (C=O) groups is 2. The van der Waals surface area contributed by atoms with E-state index in [2.05, 4.69) is 21.8 Å². The molecule has 0 radical (unpaired) electrons. The quantitative estimate of drug-likeness (QED) is 0.358. The second kappa shape index (κ2) is 10.3. The summed E-state index contributed by atoms with van der Waals surface area (Å²) >= 11 is 1.37. The fraction of sp³-hybridized carbons (Fsp3) is 0.130. The van der Waals surface area contributed by atoms with Crippen molar-refractivity contribution in [1.82, 2.24) is 21.8 Å². The highest BCUT2D eigenvalue weighted by atomic mass is 32.2. The number of hydrogen-bond acceptors (Lipinski definition) is 7. The van der Waals surface area contributed by atoms with Gasteiger partial charge in [0.2, 0.25) is 5.91 Å². The molecule has 0 bridgehead atoms. The number of nitrogens with zero attached hydrogens (tertiary/aromatic N) is 1. The van der Waals surface area contributed by atoms with Gasteiger partial charge in [-0.05, 0) is 29.3 Å². The number of benzene rings is 3. The van der Waals surface area contributed by atoms with E-state index >= 15 is 0 Å². The smallest absolute Gasteiger partial charge is 0.335 e. The summed E-state index contributed by atoms with van der Waals surface area (Å²) in [5.41, 5.74) is 11.3. The maximum Gasteiger partial charge on any atom is 0.335 e. The molecular formula is C23H23N5O3S. The molecule has 32 heavy (non-hydrogen) atoms. The fourth-order valence-electron chi connectivity index (χ4n) is 3.39. The van der Waals surface area contributed by atoms with E-state index in [0.717, 1.165) is 11.1 Å². The van der Waals surface area contributed by atoms with Gasteiger partial charge in [0.25, 0.3) is 0 Å². The third-order valence-electron chi connectivity index (χ3n) is 4.92. The molecule has 0 spiro atoms. The van der Waals surface area contributed by atoms with Gasteiger partial charge in [-0.3, -0.25) is 9.80 Å². The fourth-order valence-corrected chi connectivity index (χ4v) is 4.25. The Bertz CT molecular complexity index is 1030. The highest BCUT2D eigenvalue weighted by molar-refractivity contribution is 8.00. The maximum absolute atomic E-state index is 12.8. The summed E-state index contributed by atoms with van der Waals surface area (Å²) in [6.45, 7) is 0. The van der Waals surface area contributed by atoms with Gasteiger partial charge in [-0.2, -0.15) is 11.1 Å². The topological polar surface area (TPSA) is 106 Å². The predicted molar refractivity (Wildman–Crippen MR) is 124 cm³/mol. The largest absolute Gasteiger partial charge is 0.478 e. The number of carbonyl (C=O) groups excluding carboxylic acids is 1. The number of thioether (sulfide) groups is 1. The summed E-state index contributed by atoms with van der Waals surface area (Å²) < 4.78 is 0. The molecule has 1 fully saturated rings. The zero-order chi connectivity index (χ0) is 22.3. The molecule has 3 aromatic carbocycles. The molecule has 0 saturated carbocycles. The summed E-state index contributed by atoms with van der Waals surface area (Å²) in [5.74, 6) is -0.907. The summed E-state index contributed by atoms with van der Waals surface area (Å²) in [4.78, 5) is 24.1. The van der Waals surface area contributed by atoms with Crippen molar-refractivity contribution in [2.24, 2.45) is 0 Å². The Morgan fingerprint density at radius 2 is 1.62 bits per heavy atom. The second-order valence-electron chi connectivity index (χ2n) is 7.09. The normalized spacial score (nSPS) is 15.7. The van der Waals surface area contributed by atoms with Gasteiger partial charge in [0.1, 0.15) is 0 Å². The molecule has 0 aliphatic carbocycles. The summed E-state index contributed by atoms with van der Waals surface area (Å²) in [6, 6.07) is 26.0. The van der Waals surface area contributed by atoms with Crippen molar-refractivity contribution in [2.75, 3.05) is 10.8 Å². The molecular weight excluding hydrogens is 426 g/mol. The van der Waals surface area contributed by atoms with Gasteiger partial charge in [0, 0.05) is 0 Å². The molecule has 0 unspecified atom stereocenters. The van der Waals surface area contributed by atoms with E-state index in [4.69, 9.17) is 0 Å². The van der Waals surface area contributed by atoms with E-state index in [1.54, 1.807) is 23.2 Å². The van der Waals surface area contributed by atoms with Crippen molar-refractivity contribution in [1.29, 1.82) is 0 Å². The van der Waals surface area contributed by atoms with Crippen molar-refractivity contribution in [3.63, 3.8) is 0 Å². The van der Waals surface area contributed by atoms with Crippen LogP contribution in [0.2, 0.25) is 0 Å². The monoisotopic (exact) mass is 449 g/mol. The van der Waals surface area contributed by atoms with Crippen LogP contribution in [-0.4, -0.2) is 28.2 Å². The Kier molecular flexibility index (Phi) is 7.03. The molecule has 0 aromatic heterocycles.